The molecule has 3 aromatic carbocycles. The van der Waals surface area contributed by atoms with E-state index in [1.54, 1.807) is 13.0 Å². The summed E-state index contributed by atoms with van der Waals surface area (Å²) in [5.74, 6) is 0.602. The Bertz CT molecular complexity index is 1150. The highest BCUT2D eigenvalue weighted by molar-refractivity contribution is 14.1. The van der Waals surface area contributed by atoms with Crippen LogP contribution >= 0.6 is 22.6 Å². The van der Waals surface area contributed by atoms with Gasteiger partial charge in [0.15, 0.2) is 13.6 Å². The number of ketones is 1. The maximum absolute atomic E-state index is 12.1. The van der Waals surface area contributed by atoms with E-state index in [4.69, 9.17) is 18.9 Å². The normalized spacial score (nSPS) is 13.5. The first-order valence-corrected chi connectivity index (χ1v) is 13.6. The molecule has 0 radical (unpaired) electrons. The van der Waals surface area contributed by atoms with Gasteiger partial charge in [0.2, 0.25) is 0 Å². The molecule has 204 valence electrons. The molecule has 0 saturated carbocycles. The van der Waals surface area contributed by atoms with Crippen molar-refractivity contribution in [1.82, 2.24) is 0 Å². The fraction of sp³-hybridized carbons (Fsp3) is 0.367. The van der Waals surface area contributed by atoms with Gasteiger partial charge in [-0.1, -0.05) is 67.6 Å². The van der Waals surface area contributed by atoms with Gasteiger partial charge >= 0.3 is 0 Å². The molecule has 0 fully saturated rings. The lowest BCUT2D eigenvalue weighted by molar-refractivity contribution is -0.120. The van der Waals surface area contributed by atoms with E-state index in [1.165, 1.54) is 6.92 Å². The number of hydrogen-bond donors (Lipinski definition) is 2. The zero-order valence-corrected chi connectivity index (χ0v) is 24.1. The molecular weight excluding hydrogens is 599 g/mol. The van der Waals surface area contributed by atoms with Gasteiger partial charge in [-0.05, 0) is 60.1 Å². The van der Waals surface area contributed by atoms with Gasteiger partial charge in [0, 0.05) is 17.0 Å². The average Bonchev–Trinajstić information content (AvgIpc) is 2.91. The molecule has 7 nitrogen and oxygen atoms in total. The highest BCUT2D eigenvalue weighted by Gasteiger charge is 2.27. The summed E-state index contributed by atoms with van der Waals surface area (Å²) in [6, 6.07) is 21.2. The van der Waals surface area contributed by atoms with Crippen molar-refractivity contribution in [2.45, 2.75) is 52.6 Å². The second-order valence-electron chi connectivity index (χ2n) is 9.18. The van der Waals surface area contributed by atoms with Crippen LogP contribution in [0.5, 0.6) is 11.5 Å². The molecule has 3 atom stereocenters. The molecule has 2 N–H and O–H groups in total. The largest absolute Gasteiger partial charge is 0.467 e. The first-order valence-electron chi connectivity index (χ1n) is 12.5. The molecule has 0 heterocycles. The van der Waals surface area contributed by atoms with Gasteiger partial charge < -0.3 is 29.2 Å². The molecule has 3 aromatic rings. The predicted molar refractivity (Wildman–Crippen MR) is 153 cm³/mol. The summed E-state index contributed by atoms with van der Waals surface area (Å²) in [4.78, 5) is 12.1. The highest BCUT2D eigenvalue weighted by atomic mass is 127. The van der Waals surface area contributed by atoms with Crippen LogP contribution in [0.2, 0.25) is 0 Å². The minimum atomic E-state index is -1.17. The number of Topliss-reactive ketones (excluding diaryl/α,β-unsaturated/α-hetero) is 1. The lowest BCUT2D eigenvalue weighted by atomic mass is 9.94. The Morgan fingerprint density at radius 2 is 1.39 bits per heavy atom. The van der Waals surface area contributed by atoms with Crippen molar-refractivity contribution in [2.75, 3.05) is 13.6 Å². The van der Waals surface area contributed by atoms with Crippen LogP contribution in [-0.2, 0) is 33.9 Å². The Balaban J connectivity index is 1.87. The summed E-state index contributed by atoms with van der Waals surface area (Å²) in [5.41, 5.74) is 3.14. The van der Waals surface area contributed by atoms with Crippen molar-refractivity contribution in [3.63, 3.8) is 0 Å². The van der Waals surface area contributed by atoms with Crippen LogP contribution in [0.1, 0.15) is 49.1 Å². The molecule has 0 aliphatic carbocycles. The fourth-order valence-electron chi connectivity index (χ4n) is 3.74. The van der Waals surface area contributed by atoms with Crippen LogP contribution in [-0.4, -0.2) is 35.7 Å². The molecule has 0 aliphatic rings. The van der Waals surface area contributed by atoms with Crippen molar-refractivity contribution >= 4 is 28.4 Å². The number of halogens is 1. The number of rotatable bonds is 15. The number of carbonyl (C=O) groups is 1. The van der Waals surface area contributed by atoms with Crippen LogP contribution in [0.15, 0.2) is 66.7 Å². The number of carbonyl (C=O) groups excluding carboxylic acids is 1. The van der Waals surface area contributed by atoms with E-state index in [0.29, 0.717) is 45.8 Å². The van der Waals surface area contributed by atoms with E-state index in [2.05, 4.69) is 22.6 Å². The molecule has 0 aliphatic heterocycles. The maximum Gasteiger partial charge on any atom is 0.189 e. The van der Waals surface area contributed by atoms with Crippen molar-refractivity contribution in [1.29, 1.82) is 0 Å². The molecule has 3 rings (SSSR count). The Hall–Kier alpha value is -2.50. The number of hydrogen-bond acceptors (Lipinski definition) is 7. The van der Waals surface area contributed by atoms with Crippen LogP contribution in [0.25, 0.3) is 0 Å². The number of aliphatic hydroxyl groups excluding tert-OH is 2. The smallest absolute Gasteiger partial charge is 0.189 e. The van der Waals surface area contributed by atoms with Gasteiger partial charge in [0.05, 0.1) is 22.9 Å². The molecule has 8 heteroatoms. The summed E-state index contributed by atoms with van der Waals surface area (Å²) in [7, 11) is 0. The van der Waals surface area contributed by atoms with Crippen molar-refractivity contribution in [2.24, 2.45) is 5.92 Å². The van der Waals surface area contributed by atoms with Crippen LogP contribution in [0.4, 0.5) is 0 Å². The third-order valence-electron chi connectivity index (χ3n) is 6.10. The van der Waals surface area contributed by atoms with Gasteiger partial charge in [-0.2, -0.15) is 0 Å². The topological polar surface area (TPSA) is 94.5 Å². The third kappa shape index (κ3) is 8.78. The fourth-order valence-corrected chi connectivity index (χ4v) is 4.69. The van der Waals surface area contributed by atoms with E-state index in [0.717, 1.165) is 11.1 Å². The molecule has 0 saturated heterocycles. The van der Waals surface area contributed by atoms with E-state index < -0.39 is 12.2 Å². The molecule has 0 spiro atoms. The SMILES string of the molecule is CC(=O)[C@@H](C)Cc1c(OCOCc2ccccc2)cc([C@H](O)[C@H](C)O)c(I)c1OCOCc1ccccc1. The van der Waals surface area contributed by atoms with Crippen LogP contribution < -0.4 is 9.47 Å². The monoisotopic (exact) mass is 634 g/mol. The first-order chi connectivity index (χ1) is 18.3. The minimum Gasteiger partial charge on any atom is -0.467 e. The first kappa shape index (κ1) is 30.0. The second kappa shape index (κ2) is 15.2. The van der Waals surface area contributed by atoms with Crippen LogP contribution in [0.3, 0.4) is 0 Å². The van der Waals surface area contributed by atoms with E-state index in [1.807, 2.05) is 67.6 Å². The zero-order chi connectivity index (χ0) is 27.5. The molecule has 0 unspecified atom stereocenters. The number of ether oxygens (including phenoxy) is 4. The zero-order valence-electron chi connectivity index (χ0n) is 21.9. The summed E-state index contributed by atoms with van der Waals surface area (Å²) >= 11 is 2.09. The Morgan fingerprint density at radius 1 is 0.868 bits per heavy atom. The molecule has 0 bridgehead atoms. The van der Waals surface area contributed by atoms with Gasteiger partial charge in [-0.15, -0.1) is 0 Å². The van der Waals surface area contributed by atoms with Crippen LogP contribution in [0, 0.1) is 9.49 Å². The third-order valence-corrected chi connectivity index (χ3v) is 7.21. The van der Waals surface area contributed by atoms with Gasteiger partial charge in [0.25, 0.3) is 0 Å². The summed E-state index contributed by atoms with van der Waals surface area (Å²) in [5, 5.41) is 20.9. The molecule has 0 aromatic heterocycles. The lowest BCUT2D eigenvalue weighted by Gasteiger charge is -2.24. The van der Waals surface area contributed by atoms with Gasteiger partial charge in [-0.25, -0.2) is 0 Å². The summed E-state index contributed by atoms with van der Waals surface area (Å²) in [6.07, 6.45) is -1.82. The summed E-state index contributed by atoms with van der Waals surface area (Å²) in [6.45, 7) is 5.54. The number of aliphatic hydroxyl groups is 2. The summed E-state index contributed by atoms with van der Waals surface area (Å²) < 4.78 is 24.2. The van der Waals surface area contributed by atoms with Crippen molar-refractivity contribution in [3.05, 3.63) is 92.6 Å². The Labute approximate surface area is 237 Å². The lowest BCUT2D eigenvalue weighted by Crippen LogP contribution is -2.19. The average molecular weight is 635 g/mol. The van der Waals surface area contributed by atoms with Gasteiger partial charge in [-0.3, -0.25) is 4.79 Å². The van der Waals surface area contributed by atoms with E-state index in [-0.39, 0.29) is 25.3 Å². The minimum absolute atomic E-state index is 0.0330. The van der Waals surface area contributed by atoms with E-state index in [9.17, 15) is 15.0 Å². The van der Waals surface area contributed by atoms with Crippen molar-refractivity contribution in [3.8, 4) is 11.5 Å². The standard InChI is InChI=1S/C30H35IO7/c1-20(21(2)32)14-25-27(37-18-35-16-23-10-6-4-7-11-23)15-26(29(34)22(3)33)28(31)30(25)38-19-36-17-24-12-8-5-9-13-24/h4-13,15,20,22,29,33-34H,14,16-19H2,1-3H3/t20-,22-,29+/m0/s1. The molecule has 38 heavy (non-hydrogen) atoms. The predicted octanol–water partition coefficient (Wildman–Crippen LogP) is 5.58. The second-order valence-corrected chi connectivity index (χ2v) is 10.3. The van der Waals surface area contributed by atoms with Gasteiger partial charge in [0.1, 0.15) is 23.4 Å². The van der Waals surface area contributed by atoms with Crippen molar-refractivity contribution < 1.29 is 34.0 Å². The van der Waals surface area contributed by atoms with E-state index >= 15 is 0 Å². The molecule has 0 amide bonds. The molecular formula is C30H35IO7. The quantitative estimate of drug-likeness (QED) is 0.128. The Morgan fingerprint density at radius 3 is 1.89 bits per heavy atom. The highest BCUT2D eigenvalue weighted by Crippen LogP contribution is 2.41. The maximum atomic E-state index is 12.1. The Kier molecular flexibility index (Phi) is 12.0. The number of benzene rings is 3.